The highest BCUT2D eigenvalue weighted by molar-refractivity contribution is 7.85. The number of hydrogen-bond donors (Lipinski definition) is 1. The Hall–Kier alpha value is -0.350. The zero-order chi connectivity index (χ0) is 10.8. The van der Waals surface area contributed by atoms with E-state index < -0.39 is 10.1 Å². The van der Waals surface area contributed by atoms with Crippen LogP contribution < -0.4 is 0 Å². The average molecular weight is 218 g/mol. The molecule has 1 N–H and O–H groups in total. The van der Waals surface area contributed by atoms with Gasteiger partial charge in [-0.25, -0.2) is 0 Å². The summed E-state index contributed by atoms with van der Waals surface area (Å²) in [5, 5.41) is 0. The predicted octanol–water partition coefficient (Wildman–Crippen LogP) is 2.26. The van der Waals surface area contributed by atoms with Gasteiger partial charge in [0.05, 0.1) is 5.75 Å². The van der Waals surface area contributed by atoms with Crippen molar-refractivity contribution in [3.05, 3.63) is 11.6 Å². The fourth-order valence-electron chi connectivity index (χ4n) is 1.88. The molecule has 1 rings (SSSR count). The second kappa shape index (κ2) is 4.45. The lowest BCUT2D eigenvalue weighted by atomic mass is 9.86. The Bertz CT molecular complexity index is 314. The summed E-state index contributed by atoms with van der Waals surface area (Å²) >= 11 is 0. The first-order valence-electron chi connectivity index (χ1n) is 5.02. The first-order valence-corrected chi connectivity index (χ1v) is 6.63. The quantitative estimate of drug-likeness (QED) is 0.584. The molecule has 0 aromatic rings. The zero-order valence-corrected chi connectivity index (χ0v) is 9.55. The van der Waals surface area contributed by atoms with E-state index >= 15 is 0 Å². The fourth-order valence-corrected chi connectivity index (χ4v) is 2.78. The fraction of sp³-hybridized carbons (Fsp3) is 0.800. The lowest BCUT2D eigenvalue weighted by Crippen LogP contribution is -2.18. The summed E-state index contributed by atoms with van der Waals surface area (Å²) in [6, 6.07) is 0. The van der Waals surface area contributed by atoms with Crippen molar-refractivity contribution < 1.29 is 13.0 Å². The summed E-state index contributed by atoms with van der Waals surface area (Å²) < 4.78 is 30.0. The van der Waals surface area contributed by atoms with Gasteiger partial charge in [-0.3, -0.25) is 4.55 Å². The van der Waals surface area contributed by atoms with Gasteiger partial charge in [-0.05, 0) is 31.1 Å². The van der Waals surface area contributed by atoms with E-state index in [1.54, 1.807) is 0 Å². The average Bonchev–Trinajstić information content (AvgIpc) is 2.02. The minimum absolute atomic E-state index is 0.0884. The van der Waals surface area contributed by atoms with Gasteiger partial charge in [0.25, 0.3) is 10.1 Å². The summed E-state index contributed by atoms with van der Waals surface area (Å²) in [6.45, 7) is 4.30. The van der Waals surface area contributed by atoms with Crippen LogP contribution in [0.2, 0.25) is 0 Å². The highest BCUT2D eigenvalue weighted by Gasteiger charge is 2.20. The van der Waals surface area contributed by atoms with Crippen molar-refractivity contribution in [3.63, 3.8) is 0 Å². The summed E-state index contributed by atoms with van der Waals surface area (Å²) in [5.41, 5.74) is 1.41. The highest BCUT2D eigenvalue weighted by atomic mass is 32.2. The zero-order valence-electron chi connectivity index (χ0n) is 8.73. The molecule has 0 heterocycles. The lowest BCUT2D eigenvalue weighted by molar-refractivity contribution is 0.442. The molecule has 1 atom stereocenters. The second-order valence-corrected chi connectivity index (χ2v) is 5.82. The second-order valence-electron chi connectivity index (χ2n) is 4.32. The Kier molecular flexibility index (Phi) is 3.72. The van der Waals surface area contributed by atoms with Crippen LogP contribution in [0.1, 0.15) is 33.1 Å². The Balaban J connectivity index is 2.51. The summed E-state index contributed by atoms with van der Waals surface area (Å²) in [7, 11) is -3.79. The SMILES string of the molecule is CC(C)C1=CCC(CS(=O)(=O)O)CC1. The van der Waals surface area contributed by atoms with E-state index in [9.17, 15) is 8.42 Å². The van der Waals surface area contributed by atoms with Crippen LogP contribution in [-0.4, -0.2) is 18.7 Å². The van der Waals surface area contributed by atoms with Crippen molar-refractivity contribution in [1.82, 2.24) is 0 Å². The number of allylic oxidation sites excluding steroid dienone is 2. The molecular formula is C10H18O3S. The van der Waals surface area contributed by atoms with Crippen LogP contribution in [0.25, 0.3) is 0 Å². The molecule has 0 aromatic heterocycles. The maximum absolute atomic E-state index is 10.6. The van der Waals surface area contributed by atoms with E-state index in [0.29, 0.717) is 5.92 Å². The molecular weight excluding hydrogens is 200 g/mol. The molecule has 0 aliphatic heterocycles. The molecule has 0 aromatic carbocycles. The van der Waals surface area contributed by atoms with E-state index in [-0.39, 0.29) is 11.7 Å². The van der Waals surface area contributed by atoms with Crippen LogP contribution in [0.15, 0.2) is 11.6 Å². The van der Waals surface area contributed by atoms with Gasteiger partial charge < -0.3 is 0 Å². The topological polar surface area (TPSA) is 54.4 Å². The molecule has 0 saturated heterocycles. The van der Waals surface area contributed by atoms with Crippen molar-refractivity contribution >= 4 is 10.1 Å². The Morgan fingerprint density at radius 2 is 2.21 bits per heavy atom. The van der Waals surface area contributed by atoms with Crippen LogP contribution in [0.5, 0.6) is 0 Å². The number of rotatable bonds is 3. The molecule has 0 amide bonds. The van der Waals surface area contributed by atoms with E-state index in [1.165, 1.54) is 5.57 Å². The first kappa shape index (κ1) is 11.7. The van der Waals surface area contributed by atoms with Crippen molar-refractivity contribution in [3.8, 4) is 0 Å². The van der Waals surface area contributed by atoms with Gasteiger partial charge in [0.2, 0.25) is 0 Å². The lowest BCUT2D eigenvalue weighted by Gasteiger charge is -2.22. The minimum atomic E-state index is -3.79. The van der Waals surface area contributed by atoms with Gasteiger partial charge in [0, 0.05) is 0 Å². The molecule has 0 saturated carbocycles. The molecule has 14 heavy (non-hydrogen) atoms. The van der Waals surface area contributed by atoms with Crippen molar-refractivity contribution in [2.45, 2.75) is 33.1 Å². The van der Waals surface area contributed by atoms with Crippen LogP contribution in [0.3, 0.4) is 0 Å². The molecule has 1 aliphatic carbocycles. The molecule has 0 bridgehead atoms. The maximum atomic E-state index is 10.6. The maximum Gasteiger partial charge on any atom is 0.265 e. The van der Waals surface area contributed by atoms with E-state index in [0.717, 1.165) is 19.3 Å². The normalized spacial score (nSPS) is 23.7. The molecule has 4 heteroatoms. The largest absolute Gasteiger partial charge is 0.286 e. The summed E-state index contributed by atoms with van der Waals surface area (Å²) in [6.07, 6.45) is 4.76. The minimum Gasteiger partial charge on any atom is -0.286 e. The number of hydrogen-bond acceptors (Lipinski definition) is 2. The van der Waals surface area contributed by atoms with Crippen LogP contribution in [0.4, 0.5) is 0 Å². The monoisotopic (exact) mass is 218 g/mol. The molecule has 3 nitrogen and oxygen atoms in total. The van der Waals surface area contributed by atoms with Gasteiger partial charge >= 0.3 is 0 Å². The smallest absolute Gasteiger partial charge is 0.265 e. The predicted molar refractivity (Wildman–Crippen MR) is 56.7 cm³/mol. The Morgan fingerprint density at radius 3 is 2.57 bits per heavy atom. The molecule has 0 spiro atoms. The van der Waals surface area contributed by atoms with Crippen LogP contribution in [-0.2, 0) is 10.1 Å². The molecule has 82 valence electrons. The van der Waals surface area contributed by atoms with Crippen LogP contribution >= 0.6 is 0 Å². The van der Waals surface area contributed by atoms with E-state index in [4.69, 9.17) is 4.55 Å². The summed E-state index contributed by atoms with van der Waals surface area (Å²) in [5.74, 6) is 0.573. The van der Waals surface area contributed by atoms with Crippen molar-refractivity contribution in [2.24, 2.45) is 11.8 Å². The van der Waals surface area contributed by atoms with E-state index in [2.05, 4.69) is 19.9 Å². The van der Waals surface area contributed by atoms with E-state index in [1.807, 2.05) is 0 Å². The molecule has 1 unspecified atom stereocenters. The summed E-state index contributed by atoms with van der Waals surface area (Å²) in [4.78, 5) is 0. The van der Waals surface area contributed by atoms with Gasteiger partial charge in [-0.2, -0.15) is 8.42 Å². The third-order valence-electron chi connectivity index (χ3n) is 2.74. The molecule has 0 fully saturated rings. The van der Waals surface area contributed by atoms with Gasteiger partial charge in [0.15, 0.2) is 0 Å². The third-order valence-corrected chi connectivity index (χ3v) is 3.64. The van der Waals surface area contributed by atoms with Gasteiger partial charge in [-0.1, -0.05) is 25.5 Å². The third kappa shape index (κ3) is 3.80. The van der Waals surface area contributed by atoms with Crippen molar-refractivity contribution in [1.29, 1.82) is 0 Å². The standard InChI is InChI=1S/C10H18O3S/c1-8(2)10-5-3-9(4-6-10)7-14(11,12)13/h5,8-9H,3-4,6-7H2,1-2H3,(H,11,12,13). The van der Waals surface area contributed by atoms with Crippen molar-refractivity contribution in [2.75, 3.05) is 5.75 Å². The Morgan fingerprint density at radius 1 is 1.57 bits per heavy atom. The molecule has 0 radical (unpaired) electrons. The first-order chi connectivity index (χ1) is 6.38. The van der Waals surface area contributed by atoms with Gasteiger partial charge in [0.1, 0.15) is 0 Å². The van der Waals surface area contributed by atoms with Gasteiger partial charge in [-0.15, -0.1) is 0 Å². The Labute approximate surface area is 86.0 Å². The van der Waals surface area contributed by atoms with Crippen LogP contribution in [0, 0.1) is 11.8 Å². The highest BCUT2D eigenvalue weighted by Crippen LogP contribution is 2.28. The molecule has 1 aliphatic rings.